The molecule has 0 atom stereocenters. The smallest absolute Gasteiger partial charge is 0.305 e. The van der Waals surface area contributed by atoms with Gasteiger partial charge in [0.1, 0.15) is 6.61 Å². The van der Waals surface area contributed by atoms with Crippen molar-refractivity contribution in [3.63, 3.8) is 0 Å². The summed E-state index contributed by atoms with van der Waals surface area (Å²) in [6.45, 7) is 3.74. The van der Waals surface area contributed by atoms with Crippen molar-refractivity contribution in [1.82, 2.24) is 4.90 Å². The topological polar surface area (TPSA) is 48.0 Å². The van der Waals surface area contributed by atoms with Gasteiger partial charge in [-0.2, -0.15) is 11.8 Å². The molecule has 0 unspecified atom stereocenters. The molecule has 1 rings (SSSR count). The third-order valence-electron chi connectivity index (χ3n) is 7.37. The first-order chi connectivity index (χ1) is 17.8. The number of carbonyl (C=O) groups is 1. The van der Waals surface area contributed by atoms with E-state index in [2.05, 4.69) is 4.90 Å². The molecule has 5 nitrogen and oxygen atoms in total. The Bertz CT molecular complexity index is 470. The zero-order valence-electron chi connectivity index (χ0n) is 24.0. The Morgan fingerprint density at radius 1 is 0.667 bits per heavy atom. The third-order valence-corrected chi connectivity index (χ3v) is 8.31. The quantitative estimate of drug-likeness (QED) is 0.0643. The molecule has 1 fully saturated rings. The van der Waals surface area contributed by atoms with Crippen LogP contribution in [0.4, 0.5) is 0 Å². The highest BCUT2D eigenvalue weighted by molar-refractivity contribution is 7.99. The van der Waals surface area contributed by atoms with Crippen molar-refractivity contribution in [2.45, 2.75) is 135 Å². The van der Waals surface area contributed by atoms with Crippen molar-refractivity contribution in [2.24, 2.45) is 0 Å². The van der Waals surface area contributed by atoms with Crippen LogP contribution in [0.15, 0.2) is 0 Å². The summed E-state index contributed by atoms with van der Waals surface area (Å²) in [4.78, 5) is 14.3. The largest absolute Gasteiger partial charge is 0.464 e. The fraction of sp³-hybridized carbons (Fsp3) is 0.967. The minimum absolute atomic E-state index is 0.00360. The van der Waals surface area contributed by atoms with Crippen LogP contribution in [0.5, 0.6) is 0 Å². The summed E-state index contributed by atoms with van der Waals surface area (Å²) in [6.07, 6.45) is 25.6. The van der Waals surface area contributed by atoms with Gasteiger partial charge in [-0.1, -0.05) is 103 Å². The van der Waals surface area contributed by atoms with Gasteiger partial charge in [0.15, 0.2) is 6.29 Å². The Kier molecular flexibility index (Phi) is 24.7. The maximum atomic E-state index is 11.9. The van der Waals surface area contributed by atoms with Crippen molar-refractivity contribution >= 4 is 17.7 Å². The predicted molar refractivity (Wildman–Crippen MR) is 155 cm³/mol. The molecule has 6 heteroatoms. The number of thioether (sulfide) groups is 1. The molecule has 1 heterocycles. The van der Waals surface area contributed by atoms with Gasteiger partial charge in [-0.15, -0.1) is 0 Å². The Morgan fingerprint density at radius 2 is 1.08 bits per heavy atom. The molecule has 1 saturated heterocycles. The van der Waals surface area contributed by atoms with Crippen LogP contribution in [-0.4, -0.2) is 69.1 Å². The molecule has 0 amide bonds. The number of esters is 1. The molecule has 214 valence electrons. The van der Waals surface area contributed by atoms with E-state index in [4.69, 9.17) is 14.2 Å². The molecule has 1 aliphatic rings. The molecule has 0 N–H and O–H groups in total. The number of methoxy groups -OCH3 is 2. The number of hydrogen-bond donors (Lipinski definition) is 0. The van der Waals surface area contributed by atoms with E-state index in [1.807, 2.05) is 11.8 Å². The van der Waals surface area contributed by atoms with Crippen molar-refractivity contribution in [2.75, 3.05) is 52.0 Å². The predicted octanol–water partition coefficient (Wildman–Crippen LogP) is 8.00. The molecule has 0 saturated carbocycles. The lowest BCUT2D eigenvalue weighted by atomic mass is 10.0. The fourth-order valence-electron chi connectivity index (χ4n) is 4.93. The first kappa shape index (κ1) is 33.7. The third kappa shape index (κ3) is 21.8. The molecule has 36 heavy (non-hydrogen) atoms. The molecule has 1 aliphatic heterocycles. The van der Waals surface area contributed by atoms with E-state index >= 15 is 0 Å². The summed E-state index contributed by atoms with van der Waals surface area (Å²) in [5.74, 6) is 2.42. The van der Waals surface area contributed by atoms with Crippen molar-refractivity contribution < 1.29 is 19.0 Å². The van der Waals surface area contributed by atoms with Crippen LogP contribution < -0.4 is 0 Å². The number of nitrogens with zero attached hydrogens (tertiary/aromatic N) is 1. The maximum Gasteiger partial charge on any atom is 0.305 e. The summed E-state index contributed by atoms with van der Waals surface area (Å²) in [5.41, 5.74) is 0. The minimum Gasteiger partial charge on any atom is -0.464 e. The molecular weight excluding hydrogens is 470 g/mol. The van der Waals surface area contributed by atoms with E-state index in [1.165, 1.54) is 121 Å². The molecule has 0 radical (unpaired) electrons. The van der Waals surface area contributed by atoms with Crippen LogP contribution in [0.2, 0.25) is 0 Å². The van der Waals surface area contributed by atoms with Crippen LogP contribution in [0.1, 0.15) is 128 Å². The van der Waals surface area contributed by atoms with E-state index in [9.17, 15) is 4.79 Å². The number of rotatable bonds is 26. The van der Waals surface area contributed by atoms with Gasteiger partial charge < -0.3 is 14.2 Å². The monoisotopic (exact) mass is 529 g/mol. The van der Waals surface area contributed by atoms with Crippen LogP contribution in [-0.2, 0) is 19.0 Å². The van der Waals surface area contributed by atoms with Crippen LogP contribution in [0, 0.1) is 0 Å². The Labute approximate surface area is 228 Å². The summed E-state index contributed by atoms with van der Waals surface area (Å²) in [5, 5.41) is 0. The second kappa shape index (κ2) is 26.3. The van der Waals surface area contributed by atoms with Gasteiger partial charge >= 0.3 is 5.97 Å². The lowest BCUT2D eigenvalue weighted by molar-refractivity contribution is -0.144. The molecule has 0 aromatic rings. The normalized spacial score (nSPS) is 14.5. The van der Waals surface area contributed by atoms with Gasteiger partial charge in [0.25, 0.3) is 0 Å². The molecule has 0 aromatic heterocycles. The zero-order chi connectivity index (χ0) is 25.9. The fourth-order valence-corrected chi connectivity index (χ4v) is 5.90. The second-order valence-corrected chi connectivity index (χ2v) is 11.7. The van der Waals surface area contributed by atoms with Gasteiger partial charge in [-0.25, -0.2) is 0 Å². The van der Waals surface area contributed by atoms with E-state index in [-0.39, 0.29) is 12.3 Å². The van der Waals surface area contributed by atoms with Crippen molar-refractivity contribution in [3.8, 4) is 0 Å². The van der Waals surface area contributed by atoms with Gasteiger partial charge in [-0.3, -0.25) is 9.69 Å². The van der Waals surface area contributed by atoms with Gasteiger partial charge in [0.2, 0.25) is 0 Å². The highest BCUT2D eigenvalue weighted by Crippen LogP contribution is 2.15. The van der Waals surface area contributed by atoms with Crippen LogP contribution in [0.25, 0.3) is 0 Å². The van der Waals surface area contributed by atoms with Gasteiger partial charge in [-0.05, 0) is 19.3 Å². The van der Waals surface area contributed by atoms with Crippen molar-refractivity contribution in [1.29, 1.82) is 0 Å². The lowest BCUT2D eigenvalue weighted by Gasteiger charge is -2.25. The molecule has 0 spiro atoms. The number of ether oxygens (including phenoxy) is 3. The first-order valence-electron chi connectivity index (χ1n) is 15.3. The Morgan fingerprint density at radius 3 is 1.53 bits per heavy atom. The summed E-state index contributed by atoms with van der Waals surface area (Å²) < 4.78 is 15.9. The van der Waals surface area contributed by atoms with E-state index in [0.717, 1.165) is 32.5 Å². The molecule has 0 aliphatic carbocycles. The lowest BCUT2D eigenvalue weighted by Crippen LogP contribution is -2.35. The molecular formula is C30H59NO4S. The maximum absolute atomic E-state index is 11.9. The zero-order valence-corrected chi connectivity index (χ0v) is 24.8. The van der Waals surface area contributed by atoms with E-state index in [0.29, 0.717) is 13.0 Å². The van der Waals surface area contributed by atoms with Crippen LogP contribution in [0.3, 0.4) is 0 Å². The highest BCUT2D eigenvalue weighted by Gasteiger charge is 2.11. The number of unbranched alkanes of at least 4 members (excludes halogenated alkanes) is 17. The Hall–Kier alpha value is -0.300. The minimum atomic E-state index is -0.0164. The summed E-state index contributed by atoms with van der Waals surface area (Å²) >= 11 is 2.02. The van der Waals surface area contributed by atoms with E-state index in [1.54, 1.807) is 14.2 Å². The summed E-state index contributed by atoms with van der Waals surface area (Å²) in [7, 11) is 3.44. The number of carbonyl (C=O) groups excluding carboxylic acids is 1. The van der Waals surface area contributed by atoms with Crippen molar-refractivity contribution in [3.05, 3.63) is 0 Å². The second-order valence-electron chi connectivity index (χ2n) is 10.5. The standard InChI is InChI=1S/C30H59NO4S/c1-33-30(34-2)22-20-18-16-14-12-10-8-6-4-3-5-7-9-11-13-15-17-19-21-29(32)35-26-23-31-24-27-36-28-25-31/h30H,3-28H2,1-2H3. The molecule has 0 bridgehead atoms. The highest BCUT2D eigenvalue weighted by atomic mass is 32.2. The van der Waals surface area contributed by atoms with E-state index < -0.39 is 0 Å². The Balaban J connectivity index is 1.69. The average Bonchev–Trinajstić information content (AvgIpc) is 2.90. The number of hydrogen-bond acceptors (Lipinski definition) is 6. The molecule has 0 aromatic carbocycles. The van der Waals surface area contributed by atoms with Crippen LogP contribution >= 0.6 is 11.8 Å². The average molecular weight is 530 g/mol. The van der Waals surface area contributed by atoms with Gasteiger partial charge in [0.05, 0.1) is 0 Å². The SMILES string of the molecule is COC(CCCCCCCCCCCCCCCCCCCCC(=O)OCCN1CCSCC1)OC. The van der Waals surface area contributed by atoms with Gasteiger partial charge in [0, 0.05) is 51.8 Å². The summed E-state index contributed by atoms with van der Waals surface area (Å²) in [6, 6.07) is 0. The first-order valence-corrected chi connectivity index (χ1v) is 16.4.